The molecule has 1 aliphatic carbocycles. The Balaban J connectivity index is 0.000000810. The van der Waals surface area contributed by atoms with Gasteiger partial charge in [-0.1, -0.05) is 12.3 Å². The van der Waals surface area contributed by atoms with Crippen molar-refractivity contribution in [2.75, 3.05) is 0 Å². The fourth-order valence-electron chi connectivity index (χ4n) is 1.28. The minimum absolute atomic E-state index is 0. The Morgan fingerprint density at radius 3 is 2.00 bits per heavy atom. The molecule has 1 saturated carbocycles. The molecular weight excluding hydrogens is 309 g/mol. The van der Waals surface area contributed by atoms with Crippen molar-refractivity contribution in [1.29, 1.82) is 0 Å². The van der Waals surface area contributed by atoms with Crippen LogP contribution in [0.15, 0.2) is 0 Å². The molecule has 1 radical (unpaired) electrons. The molecule has 10 heavy (non-hydrogen) atoms. The van der Waals surface area contributed by atoms with E-state index in [2.05, 4.69) is 5.92 Å². The van der Waals surface area contributed by atoms with E-state index in [1.165, 1.54) is 6.42 Å². The first-order valence-electron chi connectivity index (χ1n) is 3.47. The van der Waals surface area contributed by atoms with Gasteiger partial charge in [-0.15, -0.1) is 6.42 Å². The predicted molar refractivity (Wildman–Crippen MR) is 36.9 cm³/mol. The summed E-state index contributed by atoms with van der Waals surface area (Å²) in [6.07, 6.45) is 10.1. The Bertz CT molecular complexity index is 131. The molecular formula is C8H12AuO. The average molecular weight is 321 g/mol. The number of aliphatic hydroxyl groups is 1. The minimum atomic E-state index is -0.752. The van der Waals surface area contributed by atoms with Crippen LogP contribution in [-0.2, 0) is 22.4 Å². The molecule has 1 nitrogen and oxygen atoms in total. The fraction of sp³-hybridized carbons (Fsp3) is 0.750. The van der Waals surface area contributed by atoms with E-state index in [4.69, 9.17) is 6.42 Å². The first-order valence-corrected chi connectivity index (χ1v) is 3.47. The van der Waals surface area contributed by atoms with E-state index in [9.17, 15) is 5.11 Å². The Hall–Kier alpha value is 0.260. The maximum atomic E-state index is 9.44. The SMILES string of the molecule is C#CC1(O)CCCCC1.[Au]. The van der Waals surface area contributed by atoms with Crippen molar-refractivity contribution in [1.82, 2.24) is 0 Å². The number of hydrogen-bond acceptors (Lipinski definition) is 1. The van der Waals surface area contributed by atoms with Gasteiger partial charge in [0.25, 0.3) is 0 Å². The van der Waals surface area contributed by atoms with Crippen molar-refractivity contribution in [2.24, 2.45) is 0 Å². The van der Waals surface area contributed by atoms with Crippen molar-refractivity contribution in [3.8, 4) is 12.3 Å². The molecule has 61 valence electrons. The zero-order valence-electron chi connectivity index (χ0n) is 5.86. The predicted octanol–water partition coefficient (Wildman–Crippen LogP) is 1.31. The largest absolute Gasteiger partial charge is 0.378 e. The minimum Gasteiger partial charge on any atom is -0.378 e. The van der Waals surface area contributed by atoms with Crippen molar-refractivity contribution in [2.45, 2.75) is 37.7 Å². The summed E-state index contributed by atoms with van der Waals surface area (Å²) in [5.41, 5.74) is -0.752. The summed E-state index contributed by atoms with van der Waals surface area (Å²) in [7, 11) is 0. The quantitative estimate of drug-likeness (QED) is 0.527. The molecule has 0 unspecified atom stereocenters. The van der Waals surface area contributed by atoms with Gasteiger partial charge in [-0.3, -0.25) is 0 Å². The van der Waals surface area contributed by atoms with E-state index < -0.39 is 5.60 Å². The fourth-order valence-corrected chi connectivity index (χ4v) is 1.28. The van der Waals surface area contributed by atoms with Crippen LogP contribution in [0.25, 0.3) is 0 Å². The van der Waals surface area contributed by atoms with Gasteiger partial charge in [0.2, 0.25) is 0 Å². The maximum absolute atomic E-state index is 9.44. The Labute approximate surface area is 77.7 Å². The van der Waals surface area contributed by atoms with E-state index in [1.807, 2.05) is 0 Å². The summed E-state index contributed by atoms with van der Waals surface area (Å²) in [4.78, 5) is 0. The van der Waals surface area contributed by atoms with Gasteiger partial charge in [0.15, 0.2) is 0 Å². The second-order valence-corrected chi connectivity index (χ2v) is 2.74. The number of rotatable bonds is 0. The van der Waals surface area contributed by atoms with Gasteiger partial charge < -0.3 is 5.11 Å². The molecule has 1 aliphatic rings. The van der Waals surface area contributed by atoms with Crippen LogP contribution >= 0.6 is 0 Å². The Morgan fingerprint density at radius 2 is 1.70 bits per heavy atom. The van der Waals surface area contributed by atoms with Gasteiger partial charge in [-0.2, -0.15) is 0 Å². The van der Waals surface area contributed by atoms with Crippen LogP contribution in [0.2, 0.25) is 0 Å². The summed E-state index contributed by atoms with van der Waals surface area (Å²) < 4.78 is 0. The van der Waals surface area contributed by atoms with Crippen LogP contribution in [0, 0.1) is 12.3 Å². The average Bonchev–Trinajstić information content (AvgIpc) is 1.90. The number of terminal acetylenes is 1. The molecule has 2 heteroatoms. The zero-order chi connectivity index (χ0) is 6.74. The number of hydrogen-bond donors (Lipinski definition) is 1. The zero-order valence-corrected chi connectivity index (χ0v) is 8.03. The van der Waals surface area contributed by atoms with Gasteiger partial charge in [0.1, 0.15) is 5.60 Å². The molecule has 0 spiro atoms. The van der Waals surface area contributed by atoms with Gasteiger partial charge >= 0.3 is 0 Å². The molecule has 0 atom stereocenters. The van der Waals surface area contributed by atoms with Crippen LogP contribution in [0.3, 0.4) is 0 Å². The van der Waals surface area contributed by atoms with E-state index in [0.717, 1.165) is 25.7 Å². The van der Waals surface area contributed by atoms with Crippen LogP contribution in [-0.4, -0.2) is 10.7 Å². The van der Waals surface area contributed by atoms with Gasteiger partial charge in [-0.25, -0.2) is 0 Å². The summed E-state index contributed by atoms with van der Waals surface area (Å²) >= 11 is 0. The third-order valence-corrected chi connectivity index (χ3v) is 1.95. The van der Waals surface area contributed by atoms with Gasteiger partial charge in [0, 0.05) is 22.4 Å². The molecule has 1 N–H and O–H groups in total. The molecule has 0 aliphatic heterocycles. The molecule has 0 aromatic heterocycles. The van der Waals surface area contributed by atoms with E-state index in [1.54, 1.807) is 0 Å². The van der Waals surface area contributed by atoms with Crippen LogP contribution < -0.4 is 0 Å². The third kappa shape index (κ3) is 2.48. The topological polar surface area (TPSA) is 20.2 Å². The molecule has 0 saturated heterocycles. The summed E-state index contributed by atoms with van der Waals surface area (Å²) in [5, 5.41) is 9.44. The van der Waals surface area contributed by atoms with Crippen molar-refractivity contribution in [3.05, 3.63) is 0 Å². The van der Waals surface area contributed by atoms with Crippen LogP contribution in [0.1, 0.15) is 32.1 Å². The molecule has 0 heterocycles. The van der Waals surface area contributed by atoms with Crippen molar-refractivity contribution in [3.63, 3.8) is 0 Å². The van der Waals surface area contributed by atoms with E-state index in [0.29, 0.717) is 0 Å². The molecule has 0 amide bonds. The van der Waals surface area contributed by atoms with Gasteiger partial charge in [0.05, 0.1) is 0 Å². The second kappa shape index (κ2) is 4.20. The standard InChI is InChI=1S/C8H12O.Au/c1-2-8(9)6-4-3-5-7-8;/h1,9H,3-7H2;. The monoisotopic (exact) mass is 321 g/mol. The molecule has 1 rings (SSSR count). The van der Waals surface area contributed by atoms with E-state index >= 15 is 0 Å². The Morgan fingerprint density at radius 1 is 1.20 bits per heavy atom. The first kappa shape index (κ1) is 10.3. The van der Waals surface area contributed by atoms with Crippen LogP contribution in [0.5, 0.6) is 0 Å². The maximum Gasteiger partial charge on any atom is 0.125 e. The smallest absolute Gasteiger partial charge is 0.125 e. The third-order valence-electron chi connectivity index (χ3n) is 1.95. The summed E-state index contributed by atoms with van der Waals surface area (Å²) in [6.45, 7) is 0. The molecule has 0 aromatic rings. The summed E-state index contributed by atoms with van der Waals surface area (Å²) in [6, 6.07) is 0. The molecule has 0 bridgehead atoms. The molecule has 1 fully saturated rings. The second-order valence-electron chi connectivity index (χ2n) is 2.74. The van der Waals surface area contributed by atoms with Crippen molar-refractivity contribution >= 4 is 0 Å². The van der Waals surface area contributed by atoms with Gasteiger partial charge in [-0.05, 0) is 25.7 Å². The van der Waals surface area contributed by atoms with E-state index in [-0.39, 0.29) is 22.4 Å². The molecule has 0 aromatic carbocycles. The first-order chi connectivity index (χ1) is 4.27. The summed E-state index contributed by atoms with van der Waals surface area (Å²) in [5.74, 6) is 2.44. The Kier molecular flexibility index (Phi) is 4.31. The van der Waals surface area contributed by atoms with Crippen LogP contribution in [0.4, 0.5) is 0 Å². The normalized spacial score (nSPS) is 22.4. The van der Waals surface area contributed by atoms with Crippen molar-refractivity contribution < 1.29 is 27.5 Å².